The van der Waals surface area contributed by atoms with Crippen molar-refractivity contribution in [2.75, 3.05) is 11.9 Å². The van der Waals surface area contributed by atoms with Gasteiger partial charge in [-0.2, -0.15) is 0 Å². The first-order valence-electron chi connectivity index (χ1n) is 7.14. The monoisotopic (exact) mass is 299 g/mol. The molecule has 1 N–H and O–H groups in total. The van der Waals surface area contributed by atoms with Crippen molar-refractivity contribution in [3.63, 3.8) is 0 Å². The summed E-state index contributed by atoms with van der Waals surface area (Å²) in [6.07, 6.45) is 4.95. The molecule has 0 spiro atoms. The molecule has 3 aromatic rings. The second-order valence-corrected chi connectivity index (χ2v) is 5.14. The van der Waals surface area contributed by atoms with Crippen LogP contribution >= 0.6 is 0 Å². The Morgan fingerprint density at radius 1 is 1.32 bits per heavy atom. The van der Waals surface area contributed by atoms with Crippen molar-refractivity contribution in [2.24, 2.45) is 0 Å². The molecule has 7 heteroatoms. The molecule has 0 aliphatic carbocycles. The van der Waals surface area contributed by atoms with Crippen LogP contribution in [0.5, 0.6) is 5.75 Å². The third-order valence-corrected chi connectivity index (χ3v) is 3.81. The summed E-state index contributed by atoms with van der Waals surface area (Å²) in [6.45, 7) is 1.02. The predicted molar refractivity (Wildman–Crippen MR) is 78.3 cm³/mol. The number of nitrogens with one attached hydrogen (secondary N) is 1. The van der Waals surface area contributed by atoms with Crippen LogP contribution in [0.2, 0.25) is 0 Å². The van der Waals surface area contributed by atoms with Gasteiger partial charge in [0.2, 0.25) is 5.95 Å². The summed E-state index contributed by atoms with van der Waals surface area (Å²) in [7, 11) is 0. The van der Waals surface area contributed by atoms with Crippen molar-refractivity contribution in [3.05, 3.63) is 47.7 Å². The lowest BCUT2D eigenvalue weighted by atomic mass is 9.99. The molecule has 1 aliphatic rings. The fourth-order valence-corrected chi connectivity index (χ4v) is 2.73. The summed E-state index contributed by atoms with van der Waals surface area (Å²) in [5, 5.41) is 11.0. The Morgan fingerprint density at radius 2 is 2.27 bits per heavy atom. The Morgan fingerprint density at radius 3 is 3.23 bits per heavy atom. The van der Waals surface area contributed by atoms with E-state index in [1.807, 2.05) is 0 Å². The molecule has 1 aliphatic heterocycles. The minimum Gasteiger partial charge on any atom is -0.493 e. The van der Waals surface area contributed by atoms with Gasteiger partial charge in [-0.05, 0) is 25.0 Å². The van der Waals surface area contributed by atoms with Gasteiger partial charge in [0.05, 0.1) is 6.61 Å². The zero-order valence-electron chi connectivity index (χ0n) is 11.8. The molecule has 0 amide bonds. The predicted octanol–water partition coefficient (Wildman–Crippen LogP) is 2.20. The first-order valence-corrected chi connectivity index (χ1v) is 7.14. The summed E-state index contributed by atoms with van der Waals surface area (Å²) in [5.41, 5.74) is 2.26. The van der Waals surface area contributed by atoms with E-state index in [1.54, 1.807) is 29.1 Å². The second kappa shape index (κ2) is 5.25. The lowest BCUT2D eigenvalue weighted by molar-refractivity contribution is 0.286. The number of anilines is 1. The van der Waals surface area contributed by atoms with Crippen LogP contribution in [0.3, 0.4) is 0 Å². The molecule has 0 radical (unpaired) electrons. The van der Waals surface area contributed by atoms with Gasteiger partial charge < -0.3 is 10.1 Å². The number of fused-ring (bicyclic) bond motifs is 2. The molecule has 1 aromatic carbocycles. The van der Waals surface area contributed by atoms with Crippen LogP contribution in [-0.4, -0.2) is 26.2 Å². The maximum absolute atomic E-state index is 14.2. The van der Waals surface area contributed by atoms with E-state index >= 15 is 0 Å². The molecule has 0 saturated carbocycles. The second-order valence-electron chi connectivity index (χ2n) is 5.14. The fraction of sp³-hybridized carbons (Fsp3) is 0.267. The minimum atomic E-state index is -0.229. The third kappa shape index (κ3) is 2.14. The van der Waals surface area contributed by atoms with Crippen molar-refractivity contribution in [3.8, 4) is 5.75 Å². The van der Waals surface area contributed by atoms with Crippen molar-refractivity contribution < 1.29 is 9.13 Å². The van der Waals surface area contributed by atoms with E-state index in [-0.39, 0.29) is 5.82 Å². The zero-order chi connectivity index (χ0) is 14.9. The summed E-state index contributed by atoms with van der Waals surface area (Å²) in [4.78, 5) is 4.25. The molecule has 0 unspecified atom stereocenters. The van der Waals surface area contributed by atoms with Crippen LogP contribution in [0, 0.1) is 5.82 Å². The van der Waals surface area contributed by atoms with E-state index in [9.17, 15) is 4.39 Å². The smallest absolute Gasteiger partial charge is 0.210 e. The number of hydrogen-bond acceptors (Lipinski definition) is 5. The third-order valence-electron chi connectivity index (χ3n) is 3.81. The number of ether oxygens (including phenoxy) is 1. The van der Waals surface area contributed by atoms with Gasteiger partial charge in [0.1, 0.15) is 17.9 Å². The van der Waals surface area contributed by atoms with Gasteiger partial charge in [0, 0.05) is 29.9 Å². The molecule has 4 rings (SSSR count). The average molecular weight is 299 g/mol. The van der Waals surface area contributed by atoms with Crippen molar-refractivity contribution >= 4 is 11.6 Å². The molecular formula is C15H14FN5O. The zero-order valence-corrected chi connectivity index (χ0v) is 11.8. The van der Waals surface area contributed by atoms with Gasteiger partial charge in [-0.25, -0.2) is 9.37 Å². The van der Waals surface area contributed by atoms with Crippen LogP contribution in [0.25, 0.3) is 5.65 Å². The van der Waals surface area contributed by atoms with Gasteiger partial charge >= 0.3 is 0 Å². The highest BCUT2D eigenvalue weighted by Crippen LogP contribution is 2.30. The summed E-state index contributed by atoms with van der Waals surface area (Å²) >= 11 is 0. The molecule has 0 atom stereocenters. The van der Waals surface area contributed by atoms with Crippen LogP contribution in [-0.2, 0) is 13.0 Å². The number of nitrogens with zero attached hydrogens (tertiary/aromatic N) is 4. The number of halogens is 1. The van der Waals surface area contributed by atoms with Gasteiger partial charge in [0.15, 0.2) is 5.65 Å². The quantitative estimate of drug-likeness (QED) is 0.803. The molecule has 3 heterocycles. The average Bonchev–Trinajstić information content (AvgIpc) is 3.03. The number of hydrogen-bond donors (Lipinski definition) is 1. The maximum Gasteiger partial charge on any atom is 0.210 e. The highest BCUT2D eigenvalue weighted by molar-refractivity contribution is 5.46. The highest BCUT2D eigenvalue weighted by Gasteiger charge is 2.18. The number of rotatable bonds is 3. The van der Waals surface area contributed by atoms with Crippen molar-refractivity contribution in [1.82, 2.24) is 19.6 Å². The molecule has 112 valence electrons. The Balaban J connectivity index is 1.66. The Bertz CT molecular complexity index is 832. The van der Waals surface area contributed by atoms with E-state index in [2.05, 4.69) is 20.5 Å². The first-order chi connectivity index (χ1) is 10.8. The number of aromatic nitrogens is 4. The minimum absolute atomic E-state index is 0.229. The normalized spacial score (nSPS) is 13.7. The molecule has 22 heavy (non-hydrogen) atoms. The highest BCUT2D eigenvalue weighted by atomic mass is 19.1. The lowest BCUT2D eigenvalue weighted by Crippen LogP contribution is -2.15. The van der Waals surface area contributed by atoms with E-state index < -0.39 is 0 Å². The Kier molecular flexibility index (Phi) is 3.10. The van der Waals surface area contributed by atoms with E-state index in [0.29, 0.717) is 30.3 Å². The molecule has 0 fully saturated rings. The van der Waals surface area contributed by atoms with Crippen LogP contribution in [0.4, 0.5) is 10.3 Å². The van der Waals surface area contributed by atoms with Gasteiger partial charge in [-0.3, -0.25) is 4.40 Å². The fourth-order valence-electron chi connectivity index (χ4n) is 2.73. The largest absolute Gasteiger partial charge is 0.493 e. The summed E-state index contributed by atoms with van der Waals surface area (Å²) in [5.74, 6) is 1.13. The van der Waals surface area contributed by atoms with Gasteiger partial charge in [0.25, 0.3) is 0 Å². The molecular weight excluding hydrogens is 285 g/mol. The SMILES string of the molecule is Fc1ccc2c(c1CNc1nccc3nncn13)CCCO2. The summed E-state index contributed by atoms with van der Waals surface area (Å²) < 4.78 is 21.5. The topological polar surface area (TPSA) is 64.3 Å². The van der Waals surface area contributed by atoms with Crippen molar-refractivity contribution in [2.45, 2.75) is 19.4 Å². The molecule has 6 nitrogen and oxygen atoms in total. The van der Waals surface area contributed by atoms with E-state index in [4.69, 9.17) is 4.74 Å². The standard InChI is InChI=1S/C15H14FN5O/c16-12-3-4-13-10(2-1-7-22-13)11(12)8-18-15-17-6-5-14-20-19-9-21(14)15/h3-6,9H,1-2,7-8H2,(H,17,18). The molecule has 2 aromatic heterocycles. The first kappa shape index (κ1) is 13.0. The molecule has 0 saturated heterocycles. The Labute approximate surface area is 126 Å². The lowest BCUT2D eigenvalue weighted by Gasteiger charge is -2.21. The van der Waals surface area contributed by atoms with Gasteiger partial charge in [-0.1, -0.05) is 0 Å². The maximum atomic E-state index is 14.2. The van der Waals surface area contributed by atoms with Gasteiger partial charge in [-0.15, -0.1) is 10.2 Å². The molecule has 0 bridgehead atoms. The number of benzene rings is 1. The van der Waals surface area contributed by atoms with Crippen LogP contribution in [0.15, 0.2) is 30.7 Å². The van der Waals surface area contributed by atoms with Crippen LogP contribution in [0.1, 0.15) is 17.5 Å². The summed E-state index contributed by atoms with van der Waals surface area (Å²) in [6, 6.07) is 4.91. The Hall–Kier alpha value is -2.70. The van der Waals surface area contributed by atoms with Crippen molar-refractivity contribution in [1.29, 1.82) is 0 Å². The van der Waals surface area contributed by atoms with Crippen LogP contribution < -0.4 is 10.1 Å². The van der Waals surface area contributed by atoms with E-state index in [0.717, 1.165) is 24.2 Å². The van der Waals surface area contributed by atoms with E-state index in [1.165, 1.54) is 6.07 Å².